The lowest BCUT2D eigenvalue weighted by Crippen LogP contribution is -2.55. The van der Waals surface area contributed by atoms with Crippen LogP contribution in [-0.2, 0) is 9.59 Å². The Morgan fingerprint density at radius 2 is 2.21 bits per heavy atom. The Balaban J connectivity index is 2.07. The summed E-state index contributed by atoms with van der Waals surface area (Å²) in [5.74, 6) is 0.131. The molecule has 2 rings (SSSR count). The lowest BCUT2D eigenvalue weighted by Gasteiger charge is -2.34. The summed E-state index contributed by atoms with van der Waals surface area (Å²) in [4.78, 5) is 25.4. The Kier molecular flexibility index (Phi) is 4.73. The monoisotopic (exact) mass is 286 g/mol. The first-order valence-corrected chi connectivity index (χ1v) is 7.99. The molecule has 19 heavy (non-hydrogen) atoms. The van der Waals surface area contributed by atoms with E-state index < -0.39 is 12.0 Å². The molecule has 2 fully saturated rings. The molecular weight excluding hydrogens is 264 g/mol. The average Bonchev–Trinajstić information content (AvgIpc) is 2.80. The number of nitrogens with one attached hydrogen (secondary N) is 1. The maximum Gasteiger partial charge on any atom is 0.327 e. The van der Waals surface area contributed by atoms with E-state index >= 15 is 0 Å². The van der Waals surface area contributed by atoms with Crippen molar-refractivity contribution in [2.75, 3.05) is 12.3 Å². The summed E-state index contributed by atoms with van der Waals surface area (Å²) in [5, 5.41) is 12.4. The zero-order valence-corrected chi connectivity index (χ0v) is 12.3. The van der Waals surface area contributed by atoms with Crippen LogP contribution in [0.4, 0.5) is 0 Å². The highest BCUT2D eigenvalue weighted by Gasteiger charge is 2.42. The Morgan fingerprint density at radius 1 is 1.47 bits per heavy atom. The molecule has 0 spiro atoms. The molecule has 2 N–H and O–H groups in total. The molecule has 1 amide bonds. The van der Waals surface area contributed by atoms with Gasteiger partial charge < -0.3 is 15.3 Å². The van der Waals surface area contributed by atoms with E-state index in [9.17, 15) is 14.7 Å². The summed E-state index contributed by atoms with van der Waals surface area (Å²) in [7, 11) is 0. The minimum absolute atomic E-state index is 0.0388. The van der Waals surface area contributed by atoms with Crippen LogP contribution in [0.5, 0.6) is 0 Å². The molecule has 2 aliphatic heterocycles. The van der Waals surface area contributed by atoms with Gasteiger partial charge in [0.25, 0.3) is 0 Å². The zero-order valence-electron chi connectivity index (χ0n) is 11.5. The molecule has 2 aliphatic rings. The molecule has 0 radical (unpaired) electrons. The first-order chi connectivity index (χ1) is 9.04. The SMILES string of the molecule is CCC1CCNC(C(=O)N2C(C)SCC2C(=O)O)C1. The quantitative estimate of drug-likeness (QED) is 0.814. The highest BCUT2D eigenvalue weighted by atomic mass is 32.2. The van der Waals surface area contributed by atoms with Gasteiger partial charge in [-0.3, -0.25) is 4.79 Å². The number of carboxylic acid groups (broad SMARTS) is 1. The van der Waals surface area contributed by atoms with Crippen LogP contribution in [0.3, 0.4) is 0 Å². The molecule has 4 unspecified atom stereocenters. The van der Waals surface area contributed by atoms with Crippen molar-refractivity contribution in [1.29, 1.82) is 0 Å². The van der Waals surface area contributed by atoms with Crippen LogP contribution in [0.15, 0.2) is 0 Å². The van der Waals surface area contributed by atoms with Crippen LogP contribution < -0.4 is 5.32 Å². The molecule has 2 saturated heterocycles. The number of aliphatic carboxylic acids is 1. The Morgan fingerprint density at radius 3 is 2.84 bits per heavy atom. The predicted octanol–water partition coefficient (Wildman–Crippen LogP) is 1.14. The fourth-order valence-corrected chi connectivity index (χ4v) is 4.08. The maximum absolute atomic E-state index is 12.6. The van der Waals surface area contributed by atoms with Gasteiger partial charge >= 0.3 is 5.97 Å². The second kappa shape index (κ2) is 6.13. The molecule has 0 aromatic heterocycles. The summed E-state index contributed by atoms with van der Waals surface area (Å²) < 4.78 is 0. The van der Waals surface area contributed by atoms with Gasteiger partial charge in [-0.2, -0.15) is 0 Å². The van der Waals surface area contributed by atoms with Crippen molar-refractivity contribution >= 4 is 23.6 Å². The number of hydrogen-bond donors (Lipinski definition) is 2. The van der Waals surface area contributed by atoms with Gasteiger partial charge in [0.1, 0.15) is 6.04 Å². The molecule has 0 aromatic carbocycles. The summed E-state index contributed by atoms with van der Waals surface area (Å²) >= 11 is 1.54. The molecule has 4 atom stereocenters. The number of piperidine rings is 1. The van der Waals surface area contributed by atoms with Gasteiger partial charge in [-0.15, -0.1) is 11.8 Å². The van der Waals surface area contributed by atoms with Crippen LogP contribution in [0.1, 0.15) is 33.1 Å². The largest absolute Gasteiger partial charge is 0.480 e. The van der Waals surface area contributed by atoms with E-state index in [1.54, 1.807) is 4.90 Å². The van der Waals surface area contributed by atoms with Crippen molar-refractivity contribution in [3.05, 3.63) is 0 Å². The summed E-state index contributed by atoms with van der Waals surface area (Å²) in [6.07, 6.45) is 3.01. The van der Waals surface area contributed by atoms with Crippen LogP contribution in [0, 0.1) is 5.92 Å². The van der Waals surface area contributed by atoms with E-state index in [4.69, 9.17) is 0 Å². The third kappa shape index (κ3) is 3.05. The first kappa shape index (κ1) is 14.7. The number of rotatable bonds is 3. The first-order valence-electron chi connectivity index (χ1n) is 6.94. The van der Waals surface area contributed by atoms with Gasteiger partial charge in [0.2, 0.25) is 5.91 Å². The number of thioether (sulfide) groups is 1. The van der Waals surface area contributed by atoms with Crippen LogP contribution >= 0.6 is 11.8 Å². The van der Waals surface area contributed by atoms with E-state index in [1.165, 1.54) is 11.8 Å². The van der Waals surface area contributed by atoms with Crippen LogP contribution in [-0.4, -0.2) is 51.6 Å². The highest BCUT2D eigenvalue weighted by molar-refractivity contribution is 8.00. The number of carbonyl (C=O) groups excluding carboxylic acids is 1. The number of nitrogens with zero attached hydrogens (tertiary/aromatic N) is 1. The minimum atomic E-state index is -0.895. The van der Waals surface area contributed by atoms with Gasteiger partial charge in [0.05, 0.1) is 11.4 Å². The van der Waals surface area contributed by atoms with Crippen molar-refractivity contribution in [3.63, 3.8) is 0 Å². The molecule has 0 aliphatic carbocycles. The predicted molar refractivity (Wildman–Crippen MR) is 75.0 cm³/mol. The fourth-order valence-electron chi connectivity index (χ4n) is 2.90. The van der Waals surface area contributed by atoms with Crippen molar-refractivity contribution in [2.45, 2.75) is 50.6 Å². The number of amides is 1. The van der Waals surface area contributed by atoms with Gasteiger partial charge in [-0.25, -0.2) is 4.79 Å². The Labute approximate surface area is 118 Å². The van der Waals surface area contributed by atoms with Gasteiger partial charge in [0, 0.05) is 5.75 Å². The third-order valence-corrected chi connectivity index (χ3v) is 5.37. The topological polar surface area (TPSA) is 69.6 Å². The standard InChI is InChI=1S/C13H22N2O3S/c1-3-9-4-5-14-10(6-9)12(16)15-8(2)19-7-11(15)13(17)18/h8-11,14H,3-7H2,1-2H3,(H,17,18). The lowest BCUT2D eigenvalue weighted by molar-refractivity contribution is -0.150. The number of carboxylic acids is 1. The lowest BCUT2D eigenvalue weighted by atomic mass is 9.89. The second-order valence-corrected chi connectivity index (χ2v) is 6.69. The van der Waals surface area contributed by atoms with Crippen molar-refractivity contribution in [3.8, 4) is 0 Å². The fraction of sp³-hybridized carbons (Fsp3) is 0.846. The molecule has 0 aromatic rings. The highest BCUT2D eigenvalue weighted by Crippen LogP contribution is 2.31. The Bertz CT molecular complexity index is 364. The van der Waals surface area contributed by atoms with E-state index in [0.717, 1.165) is 25.8 Å². The zero-order chi connectivity index (χ0) is 14.0. The second-order valence-electron chi connectivity index (χ2n) is 5.34. The molecule has 6 heteroatoms. The van der Waals surface area contributed by atoms with Crippen molar-refractivity contribution in [2.24, 2.45) is 5.92 Å². The summed E-state index contributed by atoms with van der Waals surface area (Å²) in [6, 6.07) is -0.877. The van der Waals surface area contributed by atoms with Crippen molar-refractivity contribution in [1.82, 2.24) is 10.2 Å². The van der Waals surface area contributed by atoms with Crippen LogP contribution in [0.25, 0.3) is 0 Å². The minimum Gasteiger partial charge on any atom is -0.480 e. The van der Waals surface area contributed by atoms with Crippen LogP contribution in [0.2, 0.25) is 0 Å². The smallest absolute Gasteiger partial charge is 0.327 e. The third-order valence-electron chi connectivity index (χ3n) is 4.15. The molecule has 5 nitrogen and oxygen atoms in total. The molecule has 0 saturated carbocycles. The average molecular weight is 286 g/mol. The van der Waals surface area contributed by atoms with Gasteiger partial charge in [0.15, 0.2) is 0 Å². The number of carbonyl (C=O) groups is 2. The molecule has 0 bridgehead atoms. The van der Waals surface area contributed by atoms with Crippen molar-refractivity contribution < 1.29 is 14.7 Å². The summed E-state index contributed by atoms with van der Waals surface area (Å²) in [6.45, 7) is 4.90. The number of hydrogen-bond acceptors (Lipinski definition) is 4. The molecule has 108 valence electrons. The Hall–Kier alpha value is -0.750. The summed E-state index contributed by atoms with van der Waals surface area (Å²) in [5.41, 5.74) is 0. The normalized spacial score (nSPS) is 35.4. The van der Waals surface area contributed by atoms with Gasteiger partial charge in [-0.05, 0) is 32.2 Å². The molecule has 2 heterocycles. The molecular formula is C13H22N2O3S. The van der Waals surface area contributed by atoms with E-state index in [2.05, 4.69) is 12.2 Å². The maximum atomic E-state index is 12.6. The van der Waals surface area contributed by atoms with Gasteiger partial charge in [-0.1, -0.05) is 13.3 Å². The van der Waals surface area contributed by atoms with E-state index in [-0.39, 0.29) is 17.3 Å². The van der Waals surface area contributed by atoms with E-state index in [0.29, 0.717) is 11.7 Å². The van der Waals surface area contributed by atoms with E-state index in [1.807, 2.05) is 6.92 Å².